The smallest absolute Gasteiger partial charge is 0.0900 e. The number of hydrogen-bond donors (Lipinski definition) is 0. The first kappa shape index (κ1) is 9.16. The molecule has 2 nitrogen and oxygen atoms in total. The minimum atomic E-state index is 0.641. The summed E-state index contributed by atoms with van der Waals surface area (Å²) in [5.74, 6) is 0. The van der Waals surface area contributed by atoms with Crippen molar-refractivity contribution in [3.63, 3.8) is 0 Å². The average Bonchev–Trinajstić information content (AvgIpc) is 2.36. The molecule has 1 aliphatic heterocycles. The van der Waals surface area contributed by atoms with E-state index < -0.39 is 0 Å². The van der Waals surface area contributed by atoms with Crippen LogP contribution in [0.3, 0.4) is 0 Å². The molecule has 72 valence electrons. The number of aryl methyl sites for hydroxylation is 1. The van der Waals surface area contributed by atoms with Crippen LogP contribution in [0.25, 0.3) is 0 Å². The number of hydrogen-bond acceptors (Lipinski definition) is 3. The van der Waals surface area contributed by atoms with Crippen LogP contribution >= 0.6 is 11.3 Å². The van der Waals surface area contributed by atoms with Gasteiger partial charge in [-0.2, -0.15) is 0 Å². The second-order valence-corrected chi connectivity index (χ2v) is 5.17. The third kappa shape index (κ3) is 1.76. The van der Waals surface area contributed by atoms with Crippen LogP contribution in [-0.4, -0.2) is 29.5 Å². The highest BCUT2D eigenvalue weighted by Crippen LogP contribution is 2.23. The highest BCUT2D eigenvalue weighted by Gasteiger charge is 2.19. The predicted octanol–water partition coefficient (Wildman–Crippen LogP) is 1.87. The van der Waals surface area contributed by atoms with Crippen LogP contribution in [0.15, 0.2) is 0 Å². The molecule has 0 N–H and O–H groups in total. The lowest BCUT2D eigenvalue weighted by molar-refractivity contribution is 0.267. The molecule has 0 amide bonds. The Balaban J connectivity index is 2.28. The molecule has 0 aliphatic carbocycles. The average molecular weight is 196 g/mol. The fraction of sp³-hybridized carbons (Fsp3) is 0.700. The lowest BCUT2D eigenvalue weighted by Gasteiger charge is -2.20. The summed E-state index contributed by atoms with van der Waals surface area (Å²) in [6.07, 6.45) is 2.30. The van der Waals surface area contributed by atoms with Crippen molar-refractivity contribution in [2.24, 2.45) is 0 Å². The Kier molecular flexibility index (Phi) is 2.39. The van der Waals surface area contributed by atoms with Crippen molar-refractivity contribution in [1.29, 1.82) is 0 Å². The van der Waals surface area contributed by atoms with Gasteiger partial charge in [0.2, 0.25) is 0 Å². The monoisotopic (exact) mass is 196 g/mol. The third-order valence-electron chi connectivity index (χ3n) is 2.82. The summed E-state index contributed by atoms with van der Waals surface area (Å²) in [4.78, 5) is 8.52. The van der Waals surface area contributed by atoms with Crippen molar-refractivity contribution in [3.8, 4) is 0 Å². The highest BCUT2D eigenvalue weighted by molar-refractivity contribution is 7.11. The molecule has 0 bridgehead atoms. The minimum absolute atomic E-state index is 0.641. The molecular weight excluding hydrogens is 180 g/mol. The highest BCUT2D eigenvalue weighted by atomic mass is 32.1. The van der Waals surface area contributed by atoms with Crippen LogP contribution in [0.2, 0.25) is 0 Å². The van der Waals surface area contributed by atoms with Gasteiger partial charge in [-0.15, -0.1) is 11.3 Å². The standard InChI is InChI=1S/C10H16N2S/c1-7-6-9-10(4-5-12(7)3)13-8(2)11-9/h7H,4-6H2,1-3H3. The van der Waals surface area contributed by atoms with Crippen LogP contribution in [0.1, 0.15) is 22.5 Å². The number of nitrogens with zero attached hydrogens (tertiary/aromatic N) is 2. The van der Waals surface area contributed by atoms with E-state index in [1.165, 1.54) is 28.5 Å². The van der Waals surface area contributed by atoms with E-state index in [2.05, 4.69) is 30.8 Å². The first-order valence-electron chi connectivity index (χ1n) is 4.82. The zero-order valence-corrected chi connectivity index (χ0v) is 9.32. The Labute approximate surface area is 83.6 Å². The maximum absolute atomic E-state index is 4.59. The lowest BCUT2D eigenvalue weighted by atomic mass is 10.2. The summed E-state index contributed by atoms with van der Waals surface area (Å²) in [6, 6.07) is 0.641. The van der Waals surface area contributed by atoms with Crippen molar-refractivity contribution < 1.29 is 0 Å². The van der Waals surface area contributed by atoms with E-state index >= 15 is 0 Å². The van der Waals surface area contributed by atoms with Gasteiger partial charge in [0.1, 0.15) is 0 Å². The first-order valence-corrected chi connectivity index (χ1v) is 5.64. The fourth-order valence-electron chi connectivity index (χ4n) is 1.80. The Bertz CT molecular complexity index is 306. The number of likely N-dealkylation sites (N-methyl/N-ethyl adjacent to an activating group) is 1. The molecule has 1 unspecified atom stereocenters. The van der Waals surface area contributed by atoms with Gasteiger partial charge < -0.3 is 4.90 Å². The largest absolute Gasteiger partial charge is 0.303 e. The van der Waals surface area contributed by atoms with Crippen LogP contribution in [0, 0.1) is 6.92 Å². The summed E-state index contributed by atoms with van der Waals surface area (Å²) in [7, 11) is 2.20. The van der Waals surface area contributed by atoms with Gasteiger partial charge in [0.25, 0.3) is 0 Å². The number of fused-ring (bicyclic) bond motifs is 1. The van der Waals surface area contributed by atoms with Gasteiger partial charge in [0, 0.05) is 23.9 Å². The van der Waals surface area contributed by atoms with Gasteiger partial charge >= 0.3 is 0 Å². The number of thiazole rings is 1. The molecule has 0 radical (unpaired) electrons. The maximum Gasteiger partial charge on any atom is 0.0900 e. The second-order valence-electron chi connectivity index (χ2n) is 3.89. The molecule has 13 heavy (non-hydrogen) atoms. The molecule has 0 fully saturated rings. The van der Waals surface area contributed by atoms with Crippen molar-refractivity contribution in [2.45, 2.75) is 32.7 Å². The van der Waals surface area contributed by atoms with Crippen LogP contribution in [-0.2, 0) is 12.8 Å². The normalized spacial score (nSPS) is 24.1. The first-order chi connectivity index (χ1) is 6.16. The van der Waals surface area contributed by atoms with E-state index in [0.717, 1.165) is 6.42 Å². The van der Waals surface area contributed by atoms with Gasteiger partial charge in [-0.3, -0.25) is 0 Å². The van der Waals surface area contributed by atoms with Gasteiger partial charge in [0.15, 0.2) is 0 Å². The summed E-state index contributed by atoms with van der Waals surface area (Å²) in [5.41, 5.74) is 1.35. The Morgan fingerprint density at radius 3 is 3.08 bits per heavy atom. The Morgan fingerprint density at radius 1 is 1.54 bits per heavy atom. The minimum Gasteiger partial charge on any atom is -0.303 e. The molecule has 0 saturated heterocycles. The molecule has 0 spiro atoms. The Hall–Kier alpha value is -0.410. The van der Waals surface area contributed by atoms with Crippen molar-refractivity contribution >= 4 is 11.3 Å². The van der Waals surface area contributed by atoms with Crippen LogP contribution in [0.4, 0.5) is 0 Å². The van der Waals surface area contributed by atoms with Crippen LogP contribution < -0.4 is 0 Å². The molecule has 1 atom stereocenters. The lowest BCUT2D eigenvalue weighted by Crippen LogP contribution is -2.30. The number of rotatable bonds is 0. The summed E-state index contributed by atoms with van der Waals surface area (Å²) < 4.78 is 0. The van der Waals surface area contributed by atoms with E-state index in [1.807, 2.05) is 11.3 Å². The zero-order valence-electron chi connectivity index (χ0n) is 8.50. The quantitative estimate of drug-likeness (QED) is 0.630. The van der Waals surface area contributed by atoms with E-state index in [0.29, 0.717) is 6.04 Å². The molecule has 2 rings (SSSR count). The fourth-order valence-corrected chi connectivity index (χ4v) is 2.75. The van der Waals surface area contributed by atoms with Crippen molar-refractivity contribution in [2.75, 3.05) is 13.6 Å². The second kappa shape index (κ2) is 3.39. The molecule has 0 aromatic carbocycles. The molecule has 1 aliphatic rings. The van der Waals surface area contributed by atoms with Crippen molar-refractivity contribution in [3.05, 3.63) is 15.6 Å². The molecule has 1 aromatic heterocycles. The summed E-state index contributed by atoms with van der Waals surface area (Å²) >= 11 is 1.87. The summed E-state index contributed by atoms with van der Waals surface area (Å²) in [6.45, 7) is 5.56. The zero-order chi connectivity index (χ0) is 9.42. The van der Waals surface area contributed by atoms with Gasteiger partial charge in [-0.05, 0) is 27.3 Å². The van der Waals surface area contributed by atoms with E-state index in [-0.39, 0.29) is 0 Å². The molecule has 3 heteroatoms. The predicted molar refractivity (Wildman–Crippen MR) is 56.4 cm³/mol. The van der Waals surface area contributed by atoms with E-state index in [9.17, 15) is 0 Å². The van der Waals surface area contributed by atoms with E-state index in [4.69, 9.17) is 0 Å². The van der Waals surface area contributed by atoms with Crippen LogP contribution in [0.5, 0.6) is 0 Å². The van der Waals surface area contributed by atoms with Gasteiger partial charge in [0.05, 0.1) is 10.7 Å². The third-order valence-corrected chi connectivity index (χ3v) is 3.89. The molecular formula is C10H16N2S. The van der Waals surface area contributed by atoms with Crippen molar-refractivity contribution in [1.82, 2.24) is 9.88 Å². The molecule has 2 heterocycles. The number of aromatic nitrogens is 1. The van der Waals surface area contributed by atoms with E-state index in [1.54, 1.807) is 0 Å². The van der Waals surface area contributed by atoms with Gasteiger partial charge in [-0.25, -0.2) is 4.98 Å². The maximum atomic E-state index is 4.59. The molecule has 0 saturated carbocycles. The SMILES string of the molecule is Cc1nc2c(s1)CCN(C)C(C)C2. The van der Waals surface area contributed by atoms with Gasteiger partial charge in [-0.1, -0.05) is 0 Å². The molecule has 1 aromatic rings. The topological polar surface area (TPSA) is 16.1 Å². The Morgan fingerprint density at radius 2 is 2.31 bits per heavy atom. The summed E-state index contributed by atoms with van der Waals surface area (Å²) in [5, 5.41) is 1.22.